The summed E-state index contributed by atoms with van der Waals surface area (Å²) in [6.07, 6.45) is 3.39. The maximum absolute atomic E-state index is 9.87. The van der Waals surface area contributed by atoms with E-state index in [1.807, 2.05) is 30.3 Å². The smallest absolute Gasteiger partial charge is 0.300 e. The van der Waals surface area contributed by atoms with E-state index in [0.717, 1.165) is 18.8 Å². The van der Waals surface area contributed by atoms with Gasteiger partial charge in [0.25, 0.3) is 5.97 Å². The Bertz CT molecular complexity index is 303. The van der Waals surface area contributed by atoms with Gasteiger partial charge in [-0.05, 0) is 5.56 Å². The van der Waals surface area contributed by atoms with E-state index in [9.17, 15) is 4.79 Å². The molecular formula is C15H24O4. The third-order valence-corrected chi connectivity index (χ3v) is 1.80. The van der Waals surface area contributed by atoms with Gasteiger partial charge in [-0.1, -0.05) is 57.0 Å². The van der Waals surface area contributed by atoms with Gasteiger partial charge in [0.15, 0.2) is 0 Å². The van der Waals surface area contributed by atoms with E-state index in [1.54, 1.807) is 0 Å². The Labute approximate surface area is 115 Å². The molecule has 0 aliphatic heterocycles. The van der Waals surface area contributed by atoms with Crippen LogP contribution in [-0.2, 0) is 20.9 Å². The first-order valence-electron chi connectivity index (χ1n) is 6.33. The minimum Gasteiger partial charge on any atom is -0.481 e. The Kier molecular flexibility index (Phi) is 16.9. The number of benzene rings is 1. The summed E-state index contributed by atoms with van der Waals surface area (Å²) in [5, 5.41) is 7.42. The molecule has 0 unspecified atom stereocenters. The molecule has 0 saturated carbocycles. The molecule has 1 aromatic rings. The summed E-state index contributed by atoms with van der Waals surface area (Å²) in [5.74, 6) is -0.833. The summed E-state index contributed by atoms with van der Waals surface area (Å²) in [6, 6.07) is 9.76. The van der Waals surface area contributed by atoms with Crippen molar-refractivity contribution in [1.29, 1.82) is 0 Å². The van der Waals surface area contributed by atoms with Crippen molar-refractivity contribution in [3.8, 4) is 0 Å². The summed E-state index contributed by atoms with van der Waals surface area (Å²) in [5.41, 5.74) is 1.09. The summed E-state index contributed by atoms with van der Waals surface area (Å²) >= 11 is 0. The number of rotatable bonds is 5. The lowest BCUT2D eigenvalue weighted by molar-refractivity contribution is -0.134. The van der Waals surface area contributed by atoms with Crippen LogP contribution in [0.4, 0.5) is 0 Å². The molecular weight excluding hydrogens is 244 g/mol. The Hall–Kier alpha value is -1.68. The van der Waals surface area contributed by atoms with Crippen LogP contribution in [0.2, 0.25) is 0 Å². The van der Waals surface area contributed by atoms with E-state index in [-0.39, 0.29) is 6.61 Å². The molecule has 4 nitrogen and oxygen atoms in total. The first-order chi connectivity index (χ1) is 9.08. The Morgan fingerprint density at radius 3 is 2.05 bits per heavy atom. The van der Waals surface area contributed by atoms with Crippen molar-refractivity contribution in [2.24, 2.45) is 0 Å². The van der Waals surface area contributed by atoms with Gasteiger partial charge in [0.05, 0.1) is 6.61 Å². The third-order valence-electron chi connectivity index (χ3n) is 1.80. The summed E-state index contributed by atoms with van der Waals surface area (Å²) in [6.45, 7) is 6.13. The number of carbonyl (C=O) groups excluding carboxylic acids is 1. The number of carboxylic acids is 1. The largest absolute Gasteiger partial charge is 0.481 e. The predicted octanol–water partition coefficient (Wildman–Crippen LogP) is 3.30. The Morgan fingerprint density at radius 1 is 1.21 bits per heavy atom. The van der Waals surface area contributed by atoms with E-state index in [4.69, 9.17) is 14.6 Å². The molecule has 0 aliphatic rings. The predicted molar refractivity (Wildman–Crippen MR) is 76.1 cm³/mol. The van der Waals surface area contributed by atoms with Crippen molar-refractivity contribution in [1.82, 2.24) is 0 Å². The quantitative estimate of drug-likeness (QED) is 0.657. The second-order valence-corrected chi connectivity index (χ2v) is 3.69. The van der Waals surface area contributed by atoms with Crippen LogP contribution in [0, 0.1) is 0 Å². The topological polar surface area (TPSA) is 63.6 Å². The fourth-order valence-electron chi connectivity index (χ4n) is 0.799. The van der Waals surface area contributed by atoms with Gasteiger partial charge in [-0.3, -0.25) is 4.79 Å². The molecule has 0 fully saturated rings. The number of carboxylic acid groups (broad SMARTS) is 1. The Balaban J connectivity index is 0. The fourth-order valence-corrected chi connectivity index (χ4v) is 0.799. The van der Waals surface area contributed by atoms with Crippen LogP contribution in [0.25, 0.3) is 0 Å². The summed E-state index contributed by atoms with van der Waals surface area (Å²) in [7, 11) is 0. The van der Waals surface area contributed by atoms with Crippen LogP contribution in [0.3, 0.4) is 0 Å². The van der Waals surface area contributed by atoms with E-state index in [0.29, 0.717) is 6.61 Å². The molecule has 0 bridgehead atoms. The minimum absolute atomic E-state index is 0.175. The maximum atomic E-state index is 9.87. The van der Waals surface area contributed by atoms with Gasteiger partial charge in [-0.15, -0.1) is 0 Å². The third kappa shape index (κ3) is 22.0. The van der Waals surface area contributed by atoms with Crippen LogP contribution >= 0.6 is 0 Å². The van der Waals surface area contributed by atoms with Crippen molar-refractivity contribution < 1.29 is 19.4 Å². The zero-order chi connectivity index (χ0) is 14.9. The number of carbonyl (C=O) groups is 2. The number of hydrogen-bond donors (Lipinski definition) is 1. The zero-order valence-corrected chi connectivity index (χ0v) is 12.0. The van der Waals surface area contributed by atoms with Crippen LogP contribution in [0.1, 0.15) is 39.2 Å². The van der Waals surface area contributed by atoms with Crippen molar-refractivity contribution in [2.75, 3.05) is 6.61 Å². The van der Waals surface area contributed by atoms with Crippen molar-refractivity contribution in [3.63, 3.8) is 0 Å². The monoisotopic (exact) mass is 268 g/mol. The second-order valence-electron chi connectivity index (χ2n) is 3.69. The molecule has 19 heavy (non-hydrogen) atoms. The van der Waals surface area contributed by atoms with Gasteiger partial charge >= 0.3 is 0 Å². The summed E-state index contributed by atoms with van der Waals surface area (Å²) < 4.78 is 5.00. The van der Waals surface area contributed by atoms with E-state index in [1.165, 1.54) is 12.8 Å². The van der Waals surface area contributed by atoms with Gasteiger partial charge in [-0.25, -0.2) is 0 Å². The molecule has 108 valence electrons. The molecule has 0 aromatic heterocycles. The lowest BCUT2D eigenvalue weighted by Gasteiger charge is -1.98. The molecule has 0 saturated heterocycles. The van der Waals surface area contributed by atoms with Gasteiger partial charge in [0, 0.05) is 6.92 Å². The van der Waals surface area contributed by atoms with Gasteiger partial charge in [0.2, 0.25) is 0 Å². The minimum atomic E-state index is -0.833. The number of unbranched alkanes of at least 4 members (excludes halogenated alkanes) is 1. The lowest BCUT2D eigenvalue weighted by atomic mass is 10.2. The molecule has 1 aromatic carbocycles. The average Bonchev–Trinajstić information content (AvgIpc) is 2.40. The number of hydrogen-bond acceptors (Lipinski definition) is 3. The van der Waals surface area contributed by atoms with Gasteiger partial charge in [-0.2, -0.15) is 0 Å². The molecule has 0 atom stereocenters. The van der Waals surface area contributed by atoms with E-state index < -0.39 is 5.97 Å². The van der Waals surface area contributed by atoms with Gasteiger partial charge in [0.1, 0.15) is 12.9 Å². The van der Waals surface area contributed by atoms with E-state index >= 15 is 0 Å². The van der Waals surface area contributed by atoms with Crippen molar-refractivity contribution >= 4 is 12.3 Å². The van der Waals surface area contributed by atoms with Crippen LogP contribution < -0.4 is 0 Å². The molecule has 0 heterocycles. The lowest BCUT2D eigenvalue weighted by Crippen LogP contribution is -1.95. The number of aldehydes is 1. The van der Waals surface area contributed by atoms with Crippen LogP contribution in [0.5, 0.6) is 0 Å². The highest BCUT2D eigenvalue weighted by Crippen LogP contribution is 1.99. The van der Waals surface area contributed by atoms with Crippen molar-refractivity contribution in [2.45, 2.75) is 40.2 Å². The molecule has 0 aliphatic carbocycles. The molecule has 1 N–H and O–H groups in total. The molecule has 1 rings (SSSR count). The second kappa shape index (κ2) is 16.3. The van der Waals surface area contributed by atoms with Crippen molar-refractivity contribution in [3.05, 3.63) is 35.9 Å². The first-order valence-corrected chi connectivity index (χ1v) is 6.33. The normalized spacial score (nSPS) is 8.37. The molecule has 0 radical (unpaired) electrons. The number of aliphatic carboxylic acids is 1. The SMILES string of the molecule is CC(=O)O.CCCC.O=CCOCc1ccccc1. The van der Waals surface area contributed by atoms with Crippen LogP contribution in [0.15, 0.2) is 30.3 Å². The first kappa shape index (κ1) is 19.7. The number of ether oxygens (including phenoxy) is 1. The highest BCUT2D eigenvalue weighted by atomic mass is 16.5. The highest BCUT2D eigenvalue weighted by Gasteiger charge is 1.88. The standard InChI is InChI=1S/C9H10O2.C4H10.C2H4O2/c10-6-7-11-8-9-4-2-1-3-5-9;1-3-4-2;1-2(3)4/h1-6H,7-8H2;3-4H2,1-2H3;1H3,(H,3,4). The molecule has 0 spiro atoms. The van der Waals surface area contributed by atoms with Gasteiger partial charge < -0.3 is 14.6 Å². The highest BCUT2D eigenvalue weighted by molar-refractivity contribution is 5.62. The molecule has 4 heteroatoms. The average molecular weight is 268 g/mol. The fraction of sp³-hybridized carbons (Fsp3) is 0.467. The Morgan fingerprint density at radius 2 is 1.68 bits per heavy atom. The maximum Gasteiger partial charge on any atom is 0.300 e. The molecule has 0 amide bonds. The summed E-state index contributed by atoms with van der Waals surface area (Å²) in [4.78, 5) is 18.9. The van der Waals surface area contributed by atoms with Crippen LogP contribution in [-0.4, -0.2) is 24.0 Å². The zero-order valence-electron chi connectivity index (χ0n) is 12.0. The van der Waals surface area contributed by atoms with E-state index in [2.05, 4.69) is 13.8 Å².